The molecule has 0 aliphatic heterocycles. The van der Waals surface area contributed by atoms with Crippen LogP contribution in [0.2, 0.25) is 19.6 Å². The van der Waals surface area contributed by atoms with Crippen LogP contribution in [0.4, 0.5) is 0 Å². The zero-order chi connectivity index (χ0) is 11.2. The molecule has 0 heterocycles. The predicted octanol–water partition coefficient (Wildman–Crippen LogP) is 2.52. The molecule has 14 heavy (non-hydrogen) atoms. The topological polar surface area (TPSA) is 35.5 Å². The predicted molar refractivity (Wildman–Crippen MR) is 59.9 cm³/mol. The van der Waals surface area contributed by atoms with Gasteiger partial charge in [-0.15, -0.1) is 11.6 Å². The van der Waals surface area contributed by atoms with Gasteiger partial charge in [-0.05, 0) is 26.6 Å². The van der Waals surface area contributed by atoms with Crippen molar-refractivity contribution in [2.45, 2.75) is 26.6 Å². The quantitative estimate of drug-likeness (QED) is 0.242. The highest BCUT2D eigenvalue weighted by Crippen LogP contribution is 2.11. The third-order valence-electron chi connectivity index (χ3n) is 1.13. The summed E-state index contributed by atoms with van der Waals surface area (Å²) in [6, 6.07) is 0. The average Bonchev–Trinajstić information content (AvgIpc) is 2.01. The second kappa shape index (κ2) is 6.09. The van der Waals surface area contributed by atoms with Gasteiger partial charge in [-0.2, -0.15) is 0 Å². The number of alkyl halides is 1. The van der Waals surface area contributed by atoms with Gasteiger partial charge in [-0.3, -0.25) is 0 Å². The molecule has 3 nitrogen and oxygen atoms in total. The summed E-state index contributed by atoms with van der Waals surface area (Å²) in [6.07, 6.45) is 1.31. The Bertz CT molecular complexity index is 221. The Morgan fingerprint density at radius 2 is 2.00 bits per heavy atom. The molecule has 82 valence electrons. The lowest BCUT2D eigenvalue weighted by atomic mass is 10.5. The molecule has 0 atom stereocenters. The Balaban J connectivity index is 4.32. The second-order valence-electron chi connectivity index (χ2n) is 3.71. The largest absolute Gasteiger partial charge is 0.546 e. The van der Waals surface area contributed by atoms with E-state index in [1.54, 1.807) is 6.92 Å². The molecule has 5 heteroatoms. The van der Waals surface area contributed by atoms with E-state index in [1.165, 1.54) is 6.08 Å². The number of esters is 1. The molecule has 0 saturated heterocycles. The smallest absolute Gasteiger partial charge is 0.334 e. The molecule has 0 amide bonds. The summed E-state index contributed by atoms with van der Waals surface area (Å²) in [4.78, 5) is 11.1. The molecule has 0 aliphatic rings. The molecule has 0 aromatic heterocycles. The SMILES string of the molecule is CCOC(=O)C=C(CCl)O[Si](C)(C)C. The van der Waals surface area contributed by atoms with Crippen molar-refractivity contribution in [2.75, 3.05) is 12.5 Å². The number of hydrogen-bond acceptors (Lipinski definition) is 3. The van der Waals surface area contributed by atoms with E-state index < -0.39 is 14.3 Å². The van der Waals surface area contributed by atoms with E-state index in [0.29, 0.717) is 12.4 Å². The number of hydrogen-bond donors (Lipinski definition) is 0. The van der Waals surface area contributed by atoms with Crippen LogP contribution in [0, 0.1) is 0 Å². The number of ether oxygens (including phenoxy) is 1. The monoisotopic (exact) mass is 236 g/mol. The second-order valence-corrected chi connectivity index (χ2v) is 8.41. The van der Waals surface area contributed by atoms with E-state index in [0.717, 1.165) is 0 Å². The molecular formula is C9H17ClO3Si. The number of carbonyl (C=O) groups excluding carboxylic acids is 1. The summed E-state index contributed by atoms with van der Waals surface area (Å²) in [5, 5.41) is 0. The zero-order valence-electron chi connectivity index (χ0n) is 9.09. The third-order valence-corrected chi connectivity index (χ3v) is 2.27. The van der Waals surface area contributed by atoms with Crippen molar-refractivity contribution < 1.29 is 14.0 Å². The van der Waals surface area contributed by atoms with Gasteiger partial charge < -0.3 is 9.16 Å². The lowest BCUT2D eigenvalue weighted by Crippen LogP contribution is -2.25. The van der Waals surface area contributed by atoms with Crippen LogP contribution in [0.25, 0.3) is 0 Å². The number of halogens is 1. The van der Waals surface area contributed by atoms with Gasteiger partial charge in [0.2, 0.25) is 8.32 Å². The van der Waals surface area contributed by atoms with E-state index >= 15 is 0 Å². The first-order valence-corrected chi connectivity index (χ1v) is 8.45. The minimum atomic E-state index is -1.69. The molecule has 0 bridgehead atoms. The summed E-state index contributed by atoms with van der Waals surface area (Å²) < 4.78 is 10.3. The Kier molecular flexibility index (Phi) is 5.88. The van der Waals surface area contributed by atoms with Gasteiger partial charge in [0.05, 0.1) is 18.6 Å². The first-order chi connectivity index (χ1) is 6.39. The maximum atomic E-state index is 11.1. The van der Waals surface area contributed by atoms with Crippen LogP contribution in [-0.4, -0.2) is 26.8 Å². The van der Waals surface area contributed by atoms with Crippen molar-refractivity contribution in [1.82, 2.24) is 0 Å². The molecule has 0 saturated carbocycles. The molecule has 0 aromatic carbocycles. The van der Waals surface area contributed by atoms with E-state index in [4.69, 9.17) is 20.8 Å². The number of carbonyl (C=O) groups is 1. The van der Waals surface area contributed by atoms with Gasteiger partial charge in [0, 0.05) is 0 Å². The molecule has 0 aliphatic carbocycles. The average molecular weight is 237 g/mol. The van der Waals surface area contributed by atoms with Gasteiger partial charge in [-0.1, -0.05) is 0 Å². The highest BCUT2D eigenvalue weighted by Gasteiger charge is 2.17. The normalized spacial score (nSPS) is 12.5. The van der Waals surface area contributed by atoms with Crippen molar-refractivity contribution in [2.24, 2.45) is 0 Å². The molecule has 0 spiro atoms. The van der Waals surface area contributed by atoms with Crippen molar-refractivity contribution >= 4 is 25.9 Å². The maximum absolute atomic E-state index is 11.1. The van der Waals surface area contributed by atoms with Crippen molar-refractivity contribution in [3.8, 4) is 0 Å². The first kappa shape index (κ1) is 13.5. The fourth-order valence-corrected chi connectivity index (χ4v) is 1.94. The van der Waals surface area contributed by atoms with Crippen molar-refractivity contribution in [3.63, 3.8) is 0 Å². The van der Waals surface area contributed by atoms with Gasteiger partial charge in [0.15, 0.2) is 0 Å². The van der Waals surface area contributed by atoms with Crippen LogP contribution < -0.4 is 0 Å². The fraction of sp³-hybridized carbons (Fsp3) is 0.667. The summed E-state index contributed by atoms with van der Waals surface area (Å²) in [6.45, 7) is 8.19. The highest BCUT2D eigenvalue weighted by atomic mass is 35.5. The van der Waals surface area contributed by atoms with Crippen LogP contribution in [0.1, 0.15) is 6.92 Å². The summed E-state index contributed by atoms with van der Waals surface area (Å²) in [7, 11) is -1.69. The lowest BCUT2D eigenvalue weighted by molar-refractivity contribution is -0.137. The van der Waals surface area contributed by atoms with Crippen molar-refractivity contribution in [1.29, 1.82) is 0 Å². The highest BCUT2D eigenvalue weighted by molar-refractivity contribution is 6.70. The Labute approximate surface area is 91.2 Å². The van der Waals surface area contributed by atoms with Gasteiger partial charge >= 0.3 is 5.97 Å². The molecule has 0 fully saturated rings. The van der Waals surface area contributed by atoms with Gasteiger partial charge in [0.25, 0.3) is 0 Å². The van der Waals surface area contributed by atoms with Crippen LogP contribution >= 0.6 is 11.6 Å². The van der Waals surface area contributed by atoms with E-state index in [2.05, 4.69) is 0 Å². The zero-order valence-corrected chi connectivity index (χ0v) is 10.9. The minimum Gasteiger partial charge on any atom is -0.546 e. The van der Waals surface area contributed by atoms with Crippen LogP contribution in [0.5, 0.6) is 0 Å². The fourth-order valence-electron chi connectivity index (χ4n) is 0.804. The minimum absolute atomic E-state index is 0.198. The lowest BCUT2D eigenvalue weighted by Gasteiger charge is -2.20. The summed E-state index contributed by atoms with van der Waals surface area (Å²) in [5.41, 5.74) is 0. The molecule has 0 N–H and O–H groups in total. The molecular weight excluding hydrogens is 220 g/mol. The van der Waals surface area contributed by atoms with Crippen LogP contribution in [0.15, 0.2) is 11.8 Å². The molecule has 0 aromatic rings. The number of allylic oxidation sites excluding steroid dienone is 1. The van der Waals surface area contributed by atoms with E-state index in [-0.39, 0.29) is 5.88 Å². The number of rotatable bonds is 5. The molecule has 0 rings (SSSR count). The van der Waals surface area contributed by atoms with Crippen LogP contribution in [-0.2, 0) is 14.0 Å². The summed E-state index contributed by atoms with van der Waals surface area (Å²) in [5.74, 6) is 0.286. The third kappa shape index (κ3) is 6.97. The molecule has 0 unspecified atom stereocenters. The Morgan fingerprint density at radius 1 is 1.43 bits per heavy atom. The van der Waals surface area contributed by atoms with E-state index in [1.807, 2.05) is 19.6 Å². The van der Waals surface area contributed by atoms with Crippen molar-refractivity contribution in [3.05, 3.63) is 11.8 Å². The Morgan fingerprint density at radius 3 is 2.36 bits per heavy atom. The maximum Gasteiger partial charge on any atom is 0.334 e. The standard InChI is InChI=1S/C9H17ClO3Si/c1-5-12-9(11)6-8(7-10)13-14(2,3)4/h6H,5,7H2,1-4H3. The van der Waals surface area contributed by atoms with E-state index in [9.17, 15) is 4.79 Å². The first-order valence-electron chi connectivity index (χ1n) is 4.51. The molecule has 0 radical (unpaired) electrons. The van der Waals surface area contributed by atoms with Gasteiger partial charge in [0.1, 0.15) is 5.76 Å². The summed E-state index contributed by atoms with van der Waals surface area (Å²) >= 11 is 5.64. The van der Waals surface area contributed by atoms with Crippen LogP contribution in [0.3, 0.4) is 0 Å². The van der Waals surface area contributed by atoms with Gasteiger partial charge in [-0.25, -0.2) is 4.79 Å². The Hall–Kier alpha value is -0.483.